The molecule has 1 aromatic heterocycles. The Kier molecular flexibility index (Phi) is 3.77. The average molecular weight is 238 g/mol. The molecule has 0 spiro atoms. The molecular formula is C11H14N2O4. The van der Waals surface area contributed by atoms with Crippen molar-refractivity contribution in [1.82, 2.24) is 10.2 Å². The van der Waals surface area contributed by atoms with Gasteiger partial charge in [0.15, 0.2) is 0 Å². The maximum absolute atomic E-state index is 11.7. The van der Waals surface area contributed by atoms with Gasteiger partial charge in [-0.2, -0.15) is 0 Å². The van der Waals surface area contributed by atoms with Gasteiger partial charge in [-0.1, -0.05) is 0 Å². The number of rotatable bonds is 2. The summed E-state index contributed by atoms with van der Waals surface area (Å²) in [4.78, 5) is 24.7. The second kappa shape index (κ2) is 5.49. The third-order valence-corrected chi connectivity index (χ3v) is 2.50. The van der Waals surface area contributed by atoms with Crippen molar-refractivity contribution in [3.8, 4) is 0 Å². The largest absolute Gasteiger partial charge is 0.467 e. The van der Waals surface area contributed by atoms with Gasteiger partial charge in [0.2, 0.25) is 0 Å². The summed E-state index contributed by atoms with van der Waals surface area (Å²) >= 11 is 0. The van der Waals surface area contributed by atoms with Crippen LogP contribution in [0, 0.1) is 0 Å². The first kappa shape index (κ1) is 11.7. The number of ether oxygens (including phenoxy) is 1. The Morgan fingerprint density at radius 1 is 1.35 bits per heavy atom. The SMILES string of the molecule is O=C(NCc1ccco1)C(=O)N1CCOCC1. The molecule has 6 heteroatoms. The van der Waals surface area contributed by atoms with Crippen LogP contribution < -0.4 is 5.32 Å². The van der Waals surface area contributed by atoms with Gasteiger partial charge in [-0.25, -0.2) is 0 Å². The molecule has 1 aliphatic heterocycles. The second-order valence-corrected chi connectivity index (χ2v) is 3.67. The molecule has 0 unspecified atom stereocenters. The van der Waals surface area contributed by atoms with E-state index >= 15 is 0 Å². The van der Waals surface area contributed by atoms with Crippen molar-refractivity contribution in [3.05, 3.63) is 24.2 Å². The zero-order valence-electron chi connectivity index (χ0n) is 9.35. The molecule has 1 saturated heterocycles. The van der Waals surface area contributed by atoms with Crippen LogP contribution in [0.5, 0.6) is 0 Å². The zero-order chi connectivity index (χ0) is 12.1. The lowest BCUT2D eigenvalue weighted by atomic mass is 10.3. The predicted molar refractivity (Wildman–Crippen MR) is 58.0 cm³/mol. The third kappa shape index (κ3) is 3.07. The summed E-state index contributed by atoms with van der Waals surface area (Å²) in [6.45, 7) is 2.12. The maximum atomic E-state index is 11.7. The molecule has 1 N–H and O–H groups in total. The van der Waals surface area contributed by atoms with E-state index in [1.54, 1.807) is 12.1 Å². The van der Waals surface area contributed by atoms with Gasteiger partial charge >= 0.3 is 11.8 Å². The lowest BCUT2D eigenvalue weighted by molar-refractivity contribution is -0.148. The van der Waals surface area contributed by atoms with Crippen molar-refractivity contribution < 1.29 is 18.7 Å². The number of carbonyl (C=O) groups excluding carboxylic acids is 2. The molecule has 2 heterocycles. The average Bonchev–Trinajstić information content (AvgIpc) is 2.89. The van der Waals surface area contributed by atoms with Crippen molar-refractivity contribution in [3.63, 3.8) is 0 Å². The van der Waals surface area contributed by atoms with Crippen molar-refractivity contribution in [1.29, 1.82) is 0 Å². The first-order valence-electron chi connectivity index (χ1n) is 5.44. The molecule has 17 heavy (non-hydrogen) atoms. The van der Waals surface area contributed by atoms with Gasteiger partial charge in [-0.15, -0.1) is 0 Å². The predicted octanol–water partition coefficient (Wildman–Crippen LogP) is -0.245. The number of carbonyl (C=O) groups is 2. The molecule has 1 aliphatic rings. The second-order valence-electron chi connectivity index (χ2n) is 3.67. The van der Waals surface area contributed by atoms with Crippen molar-refractivity contribution in [2.24, 2.45) is 0 Å². The molecule has 6 nitrogen and oxygen atoms in total. The number of nitrogens with one attached hydrogen (secondary N) is 1. The van der Waals surface area contributed by atoms with Crippen molar-refractivity contribution in [2.75, 3.05) is 26.3 Å². The fraction of sp³-hybridized carbons (Fsp3) is 0.455. The molecule has 2 rings (SSSR count). The minimum atomic E-state index is -0.608. The van der Waals surface area contributed by atoms with Crippen LogP contribution in [-0.2, 0) is 20.9 Å². The number of hydrogen-bond donors (Lipinski definition) is 1. The molecule has 1 aromatic rings. The van der Waals surface area contributed by atoms with Crippen LogP contribution >= 0.6 is 0 Å². The van der Waals surface area contributed by atoms with E-state index in [0.29, 0.717) is 32.1 Å². The van der Waals surface area contributed by atoms with E-state index in [4.69, 9.17) is 9.15 Å². The molecule has 0 aliphatic carbocycles. The molecule has 0 aromatic carbocycles. The van der Waals surface area contributed by atoms with E-state index in [-0.39, 0.29) is 6.54 Å². The molecule has 0 radical (unpaired) electrons. The van der Waals surface area contributed by atoms with Crippen molar-refractivity contribution in [2.45, 2.75) is 6.54 Å². The summed E-state index contributed by atoms with van der Waals surface area (Å²) in [5.74, 6) is -0.503. The molecule has 0 atom stereocenters. The summed E-state index contributed by atoms with van der Waals surface area (Å²) in [6.07, 6.45) is 1.52. The molecule has 0 bridgehead atoms. The van der Waals surface area contributed by atoms with Crippen LogP contribution in [0.15, 0.2) is 22.8 Å². The standard InChI is InChI=1S/C11H14N2O4/c14-10(12-8-9-2-1-5-17-9)11(15)13-3-6-16-7-4-13/h1-2,5H,3-4,6-8H2,(H,12,14). The molecule has 92 valence electrons. The van der Waals surface area contributed by atoms with Gasteiger partial charge in [0, 0.05) is 13.1 Å². The van der Waals surface area contributed by atoms with Gasteiger partial charge in [0.05, 0.1) is 26.0 Å². The highest BCUT2D eigenvalue weighted by molar-refractivity contribution is 6.34. The normalized spacial score (nSPS) is 15.6. The van der Waals surface area contributed by atoms with Crippen LogP contribution in [-0.4, -0.2) is 43.0 Å². The van der Waals surface area contributed by atoms with Gasteiger partial charge in [-0.3, -0.25) is 9.59 Å². The topological polar surface area (TPSA) is 71.8 Å². The Morgan fingerprint density at radius 2 is 2.12 bits per heavy atom. The lowest BCUT2D eigenvalue weighted by Gasteiger charge is -2.25. The summed E-state index contributed by atoms with van der Waals surface area (Å²) in [5, 5.41) is 2.52. The quantitative estimate of drug-likeness (QED) is 0.721. The van der Waals surface area contributed by atoms with Gasteiger partial charge < -0.3 is 19.4 Å². The smallest absolute Gasteiger partial charge is 0.312 e. The number of morpholine rings is 1. The first-order chi connectivity index (χ1) is 8.27. The monoisotopic (exact) mass is 238 g/mol. The Balaban J connectivity index is 1.80. The summed E-state index contributed by atoms with van der Waals surface area (Å²) in [7, 11) is 0. The summed E-state index contributed by atoms with van der Waals surface area (Å²) < 4.78 is 10.2. The van der Waals surface area contributed by atoms with E-state index in [1.165, 1.54) is 11.2 Å². The molecule has 1 fully saturated rings. The van der Waals surface area contributed by atoms with Crippen LogP contribution in [0.1, 0.15) is 5.76 Å². The minimum Gasteiger partial charge on any atom is -0.467 e. The Hall–Kier alpha value is -1.82. The van der Waals surface area contributed by atoms with Crippen molar-refractivity contribution >= 4 is 11.8 Å². The van der Waals surface area contributed by atoms with E-state index in [9.17, 15) is 9.59 Å². The number of amides is 2. The first-order valence-corrected chi connectivity index (χ1v) is 5.44. The van der Waals surface area contributed by atoms with E-state index in [0.717, 1.165) is 0 Å². The van der Waals surface area contributed by atoms with Gasteiger partial charge in [0.1, 0.15) is 5.76 Å². The highest BCUT2D eigenvalue weighted by atomic mass is 16.5. The maximum Gasteiger partial charge on any atom is 0.312 e. The Bertz CT molecular complexity index is 382. The number of furan rings is 1. The summed E-state index contributed by atoms with van der Waals surface area (Å²) in [6, 6.07) is 3.46. The highest BCUT2D eigenvalue weighted by Gasteiger charge is 2.23. The van der Waals surface area contributed by atoms with E-state index in [2.05, 4.69) is 5.32 Å². The Labute approximate surface area is 98.5 Å². The highest BCUT2D eigenvalue weighted by Crippen LogP contribution is 2.00. The van der Waals surface area contributed by atoms with Crippen LogP contribution in [0.4, 0.5) is 0 Å². The molecular weight excluding hydrogens is 224 g/mol. The van der Waals surface area contributed by atoms with E-state index in [1.807, 2.05) is 0 Å². The minimum absolute atomic E-state index is 0.224. The molecule has 0 saturated carbocycles. The number of hydrogen-bond acceptors (Lipinski definition) is 4. The zero-order valence-corrected chi connectivity index (χ0v) is 9.35. The van der Waals surface area contributed by atoms with Crippen LogP contribution in [0.3, 0.4) is 0 Å². The molecule has 2 amide bonds. The van der Waals surface area contributed by atoms with Gasteiger partial charge in [0.25, 0.3) is 0 Å². The summed E-state index contributed by atoms with van der Waals surface area (Å²) in [5.41, 5.74) is 0. The van der Waals surface area contributed by atoms with Crippen LogP contribution in [0.25, 0.3) is 0 Å². The van der Waals surface area contributed by atoms with Crippen LogP contribution in [0.2, 0.25) is 0 Å². The van der Waals surface area contributed by atoms with Gasteiger partial charge in [-0.05, 0) is 12.1 Å². The fourth-order valence-corrected chi connectivity index (χ4v) is 1.57. The lowest BCUT2D eigenvalue weighted by Crippen LogP contribution is -2.47. The third-order valence-electron chi connectivity index (χ3n) is 2.50. The number of nitrogens with zero attached hydrogens (tertiary/aromatic N) is 1. The van der Waals surface area contributed by atoms with E-state index < -0.39 is 11.8 Å². The fourth-order valence-electron chi connectivity index (χ4n) is 1.57. The Morgan fingerprint density at radius 3 is 2.76 bits per heavy atom.